The van der Waals surface area contributed by atoms with Crippen molar-refractivity contribution in [3.05, 3.63) is 107 Å². The minimum atomic E-state index is -0.0345. The van der Waals surface area contributed by atoms with Crippen LogP contribution in [0.5, 0.6) is 11.5 Å². The average molecular weight is 376 g/mol. The van der Waals surface area contributed by atoms with E-state index in [4.69, 9.17) is 11.6 Å². The minimum Gasteiger partial charge on any atom is -0.507 e. The number of phenols is 2. The highest BCUT2D eigenvalue weighted by Crippen LogP contribution is 2.36. The van der Waals surface area contributed by atoms with Gasteiger partial charge in [0.25, 0.3) is 0 Å². The third-order valence-corrected chi connectivity index (χ3v) is 4.86. The van der Waals surface area contributed by atoms with Crippen molar-refractivity contribution in [3.63, 3.8) is 0 Å². The van der Waals surface area contributed by atoms with Crippen LogP contribution in [0.15, 0.2) is 84.9 Å². The highest BCUT2D eigenvalue weighted by Gasteiger charge is 2.20. The van der Waals surface area contributed by atoms with Crippen molar-refractivity contribution in [1.29, 1.82) is 0 Å². The fourth-order valence-electron chi connectivity index (χ4n) is 3.23. The Kier molecular flexibility index (Phi) is 4.61. The van der Waals surface area contributed by atoms with Gasteiger partial charge in [-0.1, -0.05) is 48.0 Å². The molecule has 0 amide bonds. The smallest absolute Gasteiger partial charge is 0.124 e. The van der Waals surface area contributed by atoms with Crippen LogP contribution in [-0.2, 0) is 0 Å². The van der Waals surface area contributed by atoms with Gasteiger partial charge in [-0.15, -0.1) is 0 Å². The maximum Gasteiger partial charge on any atom is 0.124 e. The van der Waals surface area contributed by atoms with Crippen molar-refractivity contribution in [2.24, 2.45) is 0 Å². The second-order valence-electron chi connectivity index (χ2n) is 6.40. The predicted molar refractivity (Wildman–Crippen MR) is 109 cm³/mol. The van der Waals surface area contributed by atoms with Gasteiger partial charge >= 0.3 is 0 Å². The van der Waals surface area contributed by atoms with Crippen molar-refractivity contribution >= 4 is 23.0 Å². The SMILES string of the molecule is Oc1ccccc1C1=CC(c2ccc(Cl)cc2)C=C(c2ccccc2O)N1. The molecular formula is C23H18ClNO2. The van der Waals surface area contributed by atoms with Crippen molar-refractivity contribution in [3.8, 4) is 11.5 Å². The van der Waals surface area contributed by atoms with E-state index < -0.39 is 0 Å². The zero-order valence-electron chi connectivity index (χ0n) is 14.4. The van der Waals surface area contributed by atoms with Gasteiger partial charge in [0.1, 0.15) is 11.5 Å². The molecule has 3 N–H and O–H groups in total. The van der Waals surface area contributed by atoms with E-state index in [1.807, 2.05) is 48.5 Å². The predicted octanol–water partition coefficient (Wildman–Crippen LogP) is 5.52. The molecule has 0 atom stereocenters. The summed E-state index contributed by atoms with van der Waals surface area (Å²) in [4.78, 5) is 0. The number of halogens is 1. The Hall–Kier alpha value is -3.17. The zero-order valence-corrected chi connectivity index (χ0v) is 15.2. The van der Waals surface area contributed by atoms with E-state index in [1.165, 1.54) is 0 Å². The third-order valence-electron chi connectivity index (χ3n) is 4.61. The number of dihydropyridines is 1. The molecule has 0 aliphatic carbocycles. The van der Waals surface area contributed by atoms with Crippen molar-refractivity contribution in [2.45, 2.75) is 5.92 Å². The van der Waals surface area contributed by atoms with Gasteiger partial charge in [-0.05, 0) is 54.1 Å². The molecule has 27 heavy (non-hydrogen) atoms. The van der Waals surface area contributed by atoms with E-state index in [0.717, 1.165) is 17.0 Å². The summed E-state index contributed by atoms with van der Waals surface area (Å²) >= 11 is 6.03. The average Bonchev–Trinajstić information content (AvgIpc) is 2.69. The second-order valence-corrected chi connectivity index (χ2v) is 6.83. The van der Waals surface area contributed by atoms with Gasteiger partial charge in [-0.25, -0.2) is 0 Å². The lowest BCUT2D eigenvalue weighted by atomic mass is 9.91. The summed E-state index contributed by atoms with van der Waals surface area (Å²) in [5, 5.41) is 24.6. The molecule has 134 valence electrons. The summed E-state index contributed by atoms with van der Waals surface area (Å²) in [6.07, 6.45) is 4.11. The van der Waals surface area contributed by atoms with Gasteiger partial charge in [-0.2, -0.15) is 0 Å². The summed E-state index contributed by atoms with van der Waals surface area (Å²) in [6.45, 7) is 0. The van der Waals surface area contributed by atoms with Crippen LogP contribution >= 0.6 is 11.6 Å². The molecule has 1 aliphatic rings. The molecule has 0 radical (unpaired) electrons. The highest BCUT2D eigenvalue weighted by atomic mass is 35.5. The molecule has 0 saturated heterocycles. The third kappa shape index (κ3) is 3.55. The highest BCUT2D eigenvalue weighted by molar-refractivity contribution is 6.30. The van der Waals surface area contributed by atoms with Gasteiger partial charge in [0, 0.05) is 33.5 Å². The van der Waals surface area contributed by atoms with Crippen LogP contribution in [0.25, 0.3) is 11.4 Å². The molecule has 3 nitrogen and oxygen atoms in total. The molecule has 1 aliphatic heterocycles. The Morgan fingerprint density at radius 3 is 1.63 bits per heavy atom. The van der Waals surface area contributed by atoms with Crippen LogP contribution in [0.2, 0.25) is 5.02 Å². The quantitative estimate of drug-likeness (QED) is 0.565. The van der Waals surface area contributed by atoms with E-state index in [1.54, 1.807) is 24.3 Å². The summed E-state index contributed by atoms with van der Waals surface area (Å²) in [5.41, 5.74) is 4.05. The van der Waals surface area contributed by atoms with Crippen LogP contribution in [0.3, 0.4) is 0 Å². The first-order valence-corrected chi connectivity index (χ1v) is 9.02. The maximum absolute atomic E-state index is 10.3. The summed E-state index contributed by atoms with van der Waals surface area (Å²) in [7, 11) is 0. The molecule has 0 aromatic heterocycles. The van der Waals surface area contributed by atoms with Crippen LogP contribution in [0.4, 0.5) is 0 Å². The first-order valence-electron chi connectivity index (χ1n) is 8.64. The standard InChI is InChI=1S/C23H18ClNO2/c24-17-11-9-15(10-12-17)16-13-20(18-5-1-3-7-22(18)26)25-21(14-16)19-6-2-4-8-23(19)27/h1-14,16,25-27H. The van der Waals surface area contributed by atoms with E-state index >= 15 is 0 Å². The van der Waals surface area contributed by atoms with E-state index in [-0.39, 0.29) is 17.4 Å². The van der Waals surface area contributed by atoms with Gasteiger partial charge in [0.2, 0.25) is 0 Å². The van der Waals surface area contributed by atoms with Gasteiger partial charge < -0.3 is 15.5 Å². The molecule has 4 rings (SSSR count). The Labute approximate surface area is 162 Å². The topological polar surface area (TPSA) is 52.5 Å². The summed E-state index contributed by atoms with van der Waals surface area (Å²) in [5.74, 6) is 0.363. The fraction of sp³-hybridized carbons (Fsp3) is 0.0435. The number of rotatable bonds is 3. The number of allylic oxidation sites excluding steroid dienone is 2. The number of nitrogens with one attached hydrogen (secondary N) is 1. The largest absolute Gasteiger partial charge is 0.507 e. The lowest BCUT2D eigenvalue weighted by molar-refractivity contribution is 0.473. The van der Waals surface area contributed by atoms with Crippen LogP contribution < -0.4 is 5.32 Å². The maximum atomic E-state index is 10.3. The zero-order chi connectivity index (χ0) is 18.8. The molecule has 0 bridgehead atoms. The number of hydrogen-bond donors (Lipinski definition) is 3. The summed E-state index contributed by atoms with van der Waals surface area (Å²) in [6, 6.07) is 22.1. The molecule has 0 saturated carbocycles. The monoisotopic (exact) mass is 375 g/mol. The number of benzene rings is 3. The van der Waals surface area contributed by atoms with Crippen LogP contribution in [0.1, 0.15) is 22.6 Å². The molecule has 4 heteroatoms. The number of hydrogen-bond acceptors (Lipinski definition) is 3. The van der Waals surface area contributed by atoms with Crippen molar-refractivity contribution in [2.75, 3.05) is 0 Å². The fourth-order valence-corrected chi connectivity index (χ4v) is 3.36. The Bertz CT molecular complexity index is 977. The molecule has 0 unspecified atom stereocenters. The normalized spacial score (nSPS) is 14.3. The van der Waals surface area contributed by atoms with E-state index in [9.17, 15) is 10.2 Å². The molecule has 3 aromatic rings. The number of phenolic OH excluding ortho intramolecular Hbond substituents is 2. The molecule has 3 aromatic carbocycles. The number of para-hydroxylation sites is 2. The first-order chi connectivity index (χ1) is 13.1. The van der Waals surface area contributed by atoms with E-state index in [2.05, 4.69) is 17.5 Å². The van der Waals surface area contributed by atoms with Gasteiger partial charge in [-0.3, -0.25) is 0 Å². The Morgan fingerprint density at radius 1 is 0.667 bits per heavy atom. The van der Waals surface area contributed by atoms with Crippen molar-refractivity contribution in [1.82, 2.24) is 5.32 Å². The van der Waals surface area contributed by atoms with Crippen molar-refractivity contribution < 1.29 is 10.2 Å². The minimum absolute atomic E-state index is 0.0345. The van der Waals surface area contributed by atoms with E-state index in [0.29, 0.717) is 16.1 Å². The molecule has 0 fully saturated rings. The Morgan fingerprint density at radius 2 is 1.15 bits per heavy atom. The lowest BCUT2D eigenvalue weighted by Gasteiger charge is -2.25. The number of aromatic hydroxyl groups is 2. The lowest BCUT2D eigenvalue weighted by Crippen LogP contribution is -2.17. The summed E-state index contributed by atoms with van der Waals surface area (Å²) < 4.78 is 0. The van der Waals surface area contributed by atoms with Gasteiger partial charge in [0.15, 0.2) is 0 Å². The Balaban J connectivity index is 1.83. The second kappa shape index (κ2) is 7.22. The van der Waals surface area contributed by atoms with Crippen LogP contribution in [0, 0.1) is 0 Å². The van der Waals surface area contributed by atoms with Gasteiger partial charge in [0.05, 0.1) is 0 Å². The molecule has 0 spiro atoms. The molecular weight excluding hydrogens is 358 g/mol. The first kappa shape index (κ1) is 17.3. The molecule has 1 heterocycles. The van der Waals surface area contributed by atoms with Crippen LogP contribution in [-0.4, -0.2) is 10.2 Å².